The molecule has 2 N–H and O–H groups in total. The second-order valence-electron chi connectivity index (χ2n) is 4.76. The molecule has 0 saturated carbocycles. The first kappa shape index (κ1) is 13.2. The van der Waals surface area contributed by atoms with E-state index in [-0.39, 0.29) is 38.6 Å². The molecule has 0 radical (unpaired) electrons. The van der Waals surface area contributed by atoms with Crippen LogP contribution in [0.1, 0.15) is 0 Å². The number of hydrogen-bond donors (Lipinski definition) is 2. The Labute approximate surface area is 100 Å². The summed E-state index contributed by atoms with van der Waals surface area (Å²) in [5.41, 5.74) is -0.732. The summed E-state index contributed by atoms with van der Waals surface area (Å²) in [6.07, 6.45) is 0.372. The average molecular weight is 248 g/mol. The highest BCUT2D eigenvalue weighted by molar-refractivity contribution is 4.79. The van der Waals surface area contributed by atoms with Crippen LogP contribution in [-0.2, 0) is 18.9 Å². The number of epoxide rings is 2. The third-order valence-electron chi connectivity index (χ3n) is 2.90. The highest BCUT2D eigenvalue weighted by atomic mass is 16.6. The van der Waals surface area contributed by atoms with Gasteiger partial charge in [-0.2, -0.15) is 0 Å². The Bertz CT molecular complexity index is 202. The molecule has 0 amide bonds. The van der Waals surface area contributed by atoms with Gasteiger partial charge in [0.15, 0.2) is 0 Å². The Morgan fingerprint density at radius 3 is 1.65 bits per heavy atom. The van der Waals surface area contributed by atoms with Crippen LogP contribution in [0, 0.1) is 5.41 Å². The normalized spacial score (nSPS) is 27.2. The maximum Gasteiger partial charge on any atom is 0.104 e. The summed E-state index contributed by atoms with van der Waals surface area (Å²) >= 11 is 0. The van der Waals surface area contributed by atoms with Crippen molar-refractivity contribution >= 4 is 0 Å². The lowest BCUT2D eigenvalue weighted by Crippen LogP contribution is -2.40. The van der Waals surface area contributed by atoms with E-state index >= 15 is 0 Å². The summed E-state index contributed by atoms with van der Waals surface area (Å²) in [5, 5.41) is 18.7. The fourth-order valence-corrected chi connectivity index (χ4v) is 1.42. The number of aliphatic hydroxyl groups excluding tert-OH is 2. The Morgan fingerprint density at radius 1 is 0.941 bits per heavy atom. The van der Waals surface area contributed by atoms with Gasteiger partial charge in [-0.15, -0.1) is 0 Å². The first-order chi connectivity index (χ1) is 8.28. The van der Waals surface area contributed by atoms with Crippen LogP contribution in [0.2, 0.25) is 0 Å². The first-order valence-electron chi connectivity index (χ1n) is 5.88. The van der Waals surface area contributed by atoms with Crippen molar-refractivity contribution in [3.63, 3.8) is 0 Å². The van der Waals surface area contributed by atoms with Gasteiger partial charge >= 0.3 is 0 Å². The van der Waals surface area contributed by atoms with Gasteiger partial charge in [0, 0.05) is 0 Å². The van der Waals surface area contributed by atoms with E-state index in [0.717, 1.165) is 13.2 Å². The second kappa shape index (κ2) is 6.08. The van der Waals surface area contributed by atoms with Crippen LogP contribution in [-0.4, -0.2) is 75.3 Å². The topological polar surface area (TPSA) is 84.0 Å². The van der Waals surface area contributed by atoms with Gasteiger partial charge in [0.1, 0.15) is 12.2 Å². The number of hydrogen-bond acceptors (Lipinski definition) is 6. The lowest BCUT2D eigenvalue weighted by molar-refractivity contribution is -0.0800. The number of ether oxygens (including phenoxy) is 4. The van der Waals surface area contributed by atoms with Crippen LogP contribution in [0.15, 0.2) is 0 Å². The standard InChI is InChI=1S/C11H20O6/c12-5-11(6-13,7-14-1-9-3-16-9)8-15-2-10-4-17-10/h9-10,12-13H,1-8H2. The molecule has 2 rings (SSSR count). The molecular formula is C11H20O6. The molecule has 0 aromatic heterocycles. The summed E-state index contributed by atoms with van der Waals surface area (Å²) in [5.74, 6) is 0. The first-order valence-corrected chi connectivity index (χ1v) is 5.88. The van der Waals surface area contributed by atoms with E-state index in [9.17, 15) is 10.2 Å². The Hall–Kier alpha value is -0.240. The summed E-state index contributed by atoms with van der Waals surface area (Å²) in [6, 6.07) is 0. The lowest BCUT2D eigenvalue weighted by Gasteiger charge is -2.29. The molecule has 6 heteroatoms. The van der Waals surface area contributed by atoms with E-state index in [1.54, 1.807) is 0 Å². The van der Waals surface area contributed by atoms with Crippen LogP contribution in [0.25, 0.3) is 0 Å². The Morgan fingerprint density at radius 2 is 1.35 bits per heavy atom. The molecule has 6 nitrogen and oxygen atoms in total. The van der Waals surface area contributed by atoms with Crippen LogP contribution < -0.4 is 0 Å². The van der Waals surface area contributed by atoms with Crippen LogP contribution in [0.4, 0.5) is 0 Å². The summed E-state index contributed by atoms with van der Waals surface area (Å²) < 4.78 is 20.9. The van der Waals surface area contributed by atoms with Gasteiger partial charge < -0.3 is 29.2 Å². The van der Waals surface area contributed by atoms with Crippen molar-refractivity contribution in [2.75, 3.05) is 52.9 Å². The smallest absolute Gasteiger partial charge is 0.104 e. The molecule has 2 unspecified atom stereocenters. The number of aliphatic hydroxyl groups is 2. The summed E-state index contributed by atoms with van der Waals surface area (Å²) in [4.78, 5) is 0. The third kappa shape index (κ3) is 4.50. The zero-order valence-electron chi connectivity index (χ0n) is 9.84. The van der Waals surface area contributed by atoms with E-state index in [2.05, 4.69) is 0 Å². The Kier molecular flexibility index (Phi) is 4.72. The molecule has 100 valence electrons. The minimum absolute atomic E-state index is 0.166. The maximum absolute atomic E-state index is 9.36. The fraction of sp³-hybridized carbons (Fsp3) is 1.00. The molecule has 0 aromatic carbocycles. The van der Waals surface area contributed by atoms with Crippen LogP contribution >= 0.6 is 0 Å². The number of rotatable bonds is 10. The van der Waals surface area contributed by atoms with Crippen molar-refractivity contribution in [3.05, 3.63) is 0 Å². The van der Waals surface area contributed by atoms with Crippen molar-refractivity contribution in [1.82, 2.24) is 0 Å². The predicted octanol–water partition coefficient (Wildman–Crippen LogP) is -1.21. The largest absolute Gasteiger partial charge is 0.396 e. The van der Waals surface area contributed by atoms with Gasteiger partial charge in [0.05, 0.1) is 58.3 Å². The average Bonchev–Trinajstić information content (AvgIpc) is 3.21. The zero-order valence-corrected chi connectivity index (χ0v) is 9.84. The summed E-state index contributed by atoms with van der Waals surface area (Å²) in [6.45, 7) is 2.69. The van der Waals surface area contributed by atoms with Gasteiger partial charge in [-0.25, -0.2) is 0 Å². The SMILES string of the molecule is OCC(CO)(COCC1CO1)COCC1CO1. The van der Waals surface area contributed by atoms with Gasteiger partial charge in [0.2, 0.25) is 0 Å². The predicted molar refractivity (Wildman–Crippen MR) is 57.7 cm³/mol. The summed E-state index contributed by atoms with van der Waals surface area (Å²) in [7, 11) is 0. The van der Waals surface area contributed by atoms with E-state index < -0.39 is 5.41 Å². The molecule has 0 aromatic rings. The van der Waals surface area contributed by atoms with Gasteiger partial charge in [0.25, 0.3) is 0 Å². The molecular weight excluding hydrogens is 228 g/mol. The quantitative estimate of drug-likeness (QED) is 0.472. The molecule has 2 fully saturated rings. The molecule has 2 heterocycles. The molecule has 0 bridgehead atoms. The molecule has 2 aliphatic heterocycles. The maximum atomic E-state index is 9.36. The monoisotopic (exact) mass is 248 g/mol. The molecule has 2 atom stereocenters. The van der Waals surface area contributed by atoms with Crippen molar-refractivity contribution in [1.29, 1.82) is 0 Å². The van der Waals surface area contributed by atoms with E-state index in [0.29, 0.717) is 13.2 Å². The molecule has 2 saturated heterocycles. The minimum atomic E-state index is -0.732. The zero-order chi connectivity index (χ0) is 12.1. The van der Waals surface area contributed by atoms with E-state index in [1.165, 1.54) is 0 Å². The van der Waals surface area contributed by atoms with Crippen LogP contribution in [0.5, 0.6) is 0 Å². The fourth-order valence-electron chi connectivity index (χ4n) is 1.42. The van der Waals surface area contributed by atoms with Crippen molar-refractivity contribution in [2.45, 2.75) is 12.2 Å². The molecule has 0 aliphatic carbocycles. The molecule has 17 heavy (non-hydrogen) atoms. The van der Waals surface area contributed by atoms with Crippen molar-refractivity contribution < 1.29 is 29.2 Å². The molecule has 2 aliphatic rings. The minimum Gasteiger partial charge on any atom is -0.396 e. The Balaban J connectivity index is 1.65. The van der Waals surface area contributed by atoms with Crippen LogP contribution in [0.3, 0.4) is 0 Å². The second-order valence-corrected chi connectivity index (χ2v) is 4.76. The lowest BCUT2D eigenvalue weighted by atomic mass is 9.92. The van der Waals surface area contributed by atoms with Gasteiger partial charge in [-0.1, -0.05) is 0 Å². The van der Waals surface area contributed by atoms with E-state index in [4.69, 9.17) is 18.9 Å². The molecule has 0 spiro atoms. The van der Waals surface area contributed by atoms with Gasteiger partial charge in [-0.3, -0.25) is 0 Å². The van der Waals surface area contributed by atoms with E-state index in [1.807, 2.05) is 0 Å². The highest BCUT2D eigenvalue weighted by Crippen LogP contribution is 2.20. The van der Waals surface area contributed by atoms with Crippen molar-refractivity contribution in [2.24, 2.45) is 5.41 Å². The van der Waals surface area contributed by atoms with Gasteiger partial charge in [-0.05, 0) is 0 Å². The third-order valence-corrected chi connectivity index (χ3v) is 2.90. The highest BCUT2D eigenvalue weighted by Gasteiger charge is 2.33. The van der Waals surface area contributed by atoms with Crippen molar-refractivity contribution in [3.8, 4) is 0 Å².